The molecule has 128 valence electrons. The second-order valence-electron chi connectivity index (χ2n) is 4.93. The minimum Gasteiger partial charge on any atom is -0.495 e. The monoisotopic (exact) mass is 369 g/mol. The Bertz CT molecular complexity index is 750. The van der Waals surface area contributed by atoms with Crippen molar-refractivity contribution < 1.29 is 19.0 Å². The van der Waals surface area contributed by atoms with Gasteiger partial charge in [0, 0.05) is 17.2 Å². The van der Waals surface area contributed by atoms with Gasteiger partial charge in [-0.3, -0.25) is 4.79 Å². The van der Waals surface area contributed by atoms with Crippen molar-refractivity contribution in [2.75, 3.05) is 26.1 Å². The normalized spacial score (nSPS) is 10.2. The van der Waals surface area contributed by atoms with Crippen LogP contribution in [0.5, 0.6) is 17.2 Å². The molecule has 1 amide bonds. The van der Waals surface area contributed by atoms with E-state index in [0.29, 0.717) is 33.0 Å². The van der Waals surface area contributed by atoms with Gasteiger partial charge in [-0.25, -0.2) is 0 Å². The van der Waals surface area contributed by atoms with E-state index in [9.17, 15) is 4.79 Å². The van der Waals surface area contributed by atoms with Crippen LogP contribution in [0, 0.1) is 6.92 Å². The number of carbonyl (C=O) groups is 1. The van der Waals surface area contributed by atoms with Crippen LogP contribution >= 0.6 is 23.2 Å². The molecule has 7 heteroatoms. The average Bonchev–Trinajstić information content (AvgIpc) is 2.55. The molecule has 0 aromatic heterocycles. The Morgan fingerprint density at radius 2 is 1.75 bits per heavy atom. The number of anilines is 1. The second-order valence-corrected chi connectivity index (χ2v) is 5.78. The second kappa shape index (κ2) is 8.13. The van der Waals surface area contributed by atoms with Gasteiger partial charge in [-0.1, -0.05) is 23.2 Å². The van der Waals surface area contributed by atoms with Gasteiger partial charge in [-0.15, -0.1) is 0 Å². The van der Waals surface area contributed by atoms with E-state index in [2.05, 4.69) is 5.32 Å². The molecule has 1 N–H and O–H groups in total. The van der Waals surface area contributed by atoms with Gasteiger partial charge >= 0.3 is 0 Å². The van der Waals surface area contributed by atoms with Crippen LogP contribution < -0.4 is 19.5 Å². The summed E-state index contributed by atoms with van der Waals surface area (Å²) < 4.78 is 15.9. The first-order chi connectivity index (χ1) is 11.4. The Hall–Kier alpha value is -2.11. The standard InChI is InChI=1S/C17H17Cl2NO4/c1-10-6-11(18)4-5-14(10)24-9-17(21)20-13-8-15(22-2)12(19)7-16(13)23-3/h4-8H,9H2,1-3H3,(H,20,21). The molecule has 0 spiro atoms. The topological polar surface area (TPSA) is 56.8 Å². The highest BCUT2D eigenvalue weighted by molar-refractivity contribution is 6.32. The van der Waals surface area contributed by atoms with Crippen LogP contribution in [0.3, 0.4) is 0 Å². The maximum Gasteiger partial charge on any atom is 0.262 e. The molecule has 0 heterocycles. The summed E-state index contributed by atoms with van der Waals surface area (Å²) in [6.45, 7) is 1.70. The predicted octanol–water partition coefficient (Wildman–Crippen LogP) is 4.34. The predicted molar refractivity (Wildman–Crippen MR) is 94.9 cm³/mol. The molecule has 0 aliphatic carbocycles. The van der Waals surface area contributed by atoms with Crippen molar-refractivity contribution in [1.29, 1.82) is 0 Å². The molecule has 0 fully saturated rings. The third kappa shape index (κ3) is 4.46. The van der Waals surface area contributed by atoms with Crippen LogP contribution in [0.4, 0.5) is 5.69 Å². The Balaban J connectivity index is 2.06. The number of benzene rings is 2. The van der Waals surface area contributed by atoms with Gasteiger partial charge in [-0.05, 0) is 30.7 Å². The highest BCUT2D eigenvalue weighted by atomic mass is 35.5. The van der Waals surface area contributed by atoms with Crippen LogP contribution in [0.1, 0.15) is 5.56 Å². The van der Waals surface area contributed by atoms with Crippen LogP contribution in [-0.2, 0) is 4.79 Å². The first-order valence-corrected chi connectivity index (χ1v) is 7.80. The Kier molecular flexibility index (Phi) is 6.17. The largest absolute Gasteiger partial charge is 0.495 e. The lowest BCUT2D eigenvalue weighted by molar-refractivity contribution is -0.118. The molecular weight excluding hydrogens is 353 g/mol. The maximum absolute atomic E-state index is 12.1. The molecule has 2 rings (SSSR count). The number of rotatable bonds is 6. The Morgan fingerprint density at radius 3 is 2.38 bits per heavy atom. The molecule has 2 aromatic rings. The van der Waals surface area contributed by atoms with Gasteiger partial charge in [0.2, 0.25) is 0 Å². The first kappa shape index (κ1) is 18.2. The maximum atomic E-state index is 12.1. The van der Waals surface area contributed by atoms with Crippen molar-refractivity contribution in [3.8, 4) is 17.2 Å². The van der Waals surface area contributed by atoms with Crippen LogP contribution in [0.25, 0.3) is 0 Å². The first-order valence-electron chi connectivity index (χ1n) is 7.05. The number of ether oxygens (including phenoxy) is 3. The van der Waals surface area contributed by atoms with E-state index in [1.165, 1.54) is 14.2 Å². The van der Waals surface area contributed by atoms with E-state index < -0.39 is 0 Å². The van der Waals surface area contributed by atoms with E-state index >= 15 is 0 Å². The minimum absolute atomic E-state index is 0.156. The zero-order chi connectivity index (χ0) is 17.7. The molecule has 24 heavy (non-hydrogen) atoms. The van der Waals surface area contributed by atoms with Crippen molar-refractivity contribution in [3.63, 3.8) is 0 Å². The van der Waals surface area contributed by atoms with Crippen molar-refractivity contribution in [3.05, 3.63) is 45.9 Å². The molecule has 0 unspecified atom stereocenters. The number of aryl methyl sites for hydroxylation is 1. The fourth-order valence-electron chi connectivity index (χ4n) is 2.06. The van der Waals surface area contributed by atoms with Gasteiger partial charge < -0.3 is 19.5 Å². The third-order valence-electron chi connectivity index (χ3n) is 3.24. The summed E-state index contributed by atoms with van der Waals surface area (Å²) in [6, 6.07) is 8.35. The van der Waals surface area contributed by atoms with E-state index in [1.54, 1.807) is 30.3 Å². The van der Waals surface area contributed by atoms with Gasteiger partial charge in [0.15, 0.2) is 6.61 Å². The minimum atomic E-state index is -0.341. The van der Waals surface area contributed by atoms with E-state index in [-0.39, 0.29) is 12.5 Å². The third-order valence-corrected chi connectivity index (χ3v) is 3.77. The number of carbonyl (C=O) groups excluding carboxylic acids is 1. The molecular formula is C17H17Cl2NO4. The smallest absolute Gasteiger partial charge is 0.262 e. The van der Waals surface area contributed by atoms with E-state index in [4.69, 9.17) is 37.4 Å². The average molecular weight is 370 g/mol. The number of nitrogens with one attached hydrogen (secondary N) is 1. The van der Waals surface area contributed by atoms with E-state index in [1.807, 2.05) is 6.92 Å². The van der Waals surface area contributed by atoms with Gasteiger partial charge in [0.05, 0.1) is 24.9 Å². The lowest BCUT2D eigenvalue weighted by atomic mass is 10.2. The van der Waals surface area contributed by atoms with Gasteiger partial charge in [0.1, 0.15) is 17.2 Å². The number of amides is 1. The lowest BCUT2D eigenvalue weighted by Gasteiger charge is -2.14. The number of methoxy groups -OCH3 is 2. The van der Waals surface area contributed by atoms with Crippen molar-refractivity contribution in [1.82, 2.24) is 0 Å². The summed E-state index contributed by atoms with van der Waals surface area (Å²) >= 11 is 11.9. The lowest BCUT2D eigenvalue weighted by Crippen LogP contribution is -2.20. The summed E-state index contributed by atoms with van der Waals surface area (Å²) in [5, 5.41) is 3.71. The fraction of sp³-hybridized carbons (Fsp3) is 0.235. The number of halogens is 2. The van der Waals surface area contributed by atoms with Crippen LogP contribution in [0.2, 0.25) is 10.0 Å². The number of hydrogen-bond acceptors (Lipinski definition) is 4. The Labute approximate surface area is 150 Å². The molecule has 0 atom stereocenters. The molecule has 5 nitrogen and oxygen atoms in total. The molecule has 0 aliphatic heterocycles. The molecule has 0 saturated heterocycles. The number of hydrogen-bond donors (Lipinski definition) is 1. The van der Waals surface area contributed by atoms with Crippen LogP contribution in [0.15, 0.2) is 30.3 Å². The summed E-state index contributed by atoms with van der Waals surface area (Å²) in [7, 11) is 2.98. The SMILES string of the molecule is COc1cc(NC(=O)COc2ccc(Cl)cc2C)c(OC)cc1Cl. The fourth-order valence-corrected chi connectivity index (χ4v) is 2.52. The molecule has 0 aliphatic rings. The van der Waals surface area contributed by atoms with Gasteiger partial charge in [-0.2, -0.15) is 0 Å². The highest BCUT2D eigenvalue weighted by Gasteiger charge is 2.13. The Morgan fingerprint density at radius 1 is 1.04 bits per heavy atom. The van der Waals surface area contributed by atoms with Crippen molar-refractivity contribution in [2.24, 2.45) is 0 Å². The van der Waals surface area contributed by atoms with Crippen molar-refractivity contribution >= 4 is 34.8 Å². The molecule has 2 aromatic carbocycles. The zero-order valence-corrected chi connectivity index (χ0v) is 15.0. The summed E-state index contributed by atoms with van der Waals surface area (Å²) in [4.78, 5) is 12.1. The van der Waals surface area contributed by atoms with Crippen LogP contribution in [-0.4, -0.2) is 26.7 Å². The molecule has 0 bridgehead atoms. The summed E-state index contributed by atoms with van der Waals surface area (Å²) in [6.07, 6.45) is 0. The van der Waals surface area contributed by atoms with Crippen molar-refractivity contribution in [2.45, 2.75) is 6.92 Å². The van der Waals surface area contributed by atoms with Gasteiger partial charge in [0.25, 0.3) is 5.91 Å². The van der Waals surface area contributed by atoms with E-state index in [0.717, 1.165) is 5.56 Å². The molecule has 0 saturated carbocycles. The quantitative estimate of drug-likeness (QED) is 0.822. The molecule has 0 radical (unpaired) electrons. The zero-order valence-electron chi connectivity index (χ0n) is 13.5. The highest BCUT2D eigenvalue weighted by Crippen LogP contribution is 2.35. The summed E-state index contributed by atoms with van der Waals surface area (Å²) in [5.41, 5.74) is 1.29. The summed E-state index contributed by atoms with van der Waals surface area (Å²) in [5.74, 6) is 1.11.